The Balaban J connectivity index is 5.31. The summed E-state index contributed by atoms with van der Waals surface area (Å²) in [6.07, 6.45) is 52.0. The molecule has 0 radical (unpaired) electrons. The van der Waals surface area contributed by atoms with Crippen LogP contribution < -0.4 is 0 Å². The van der Waals surface area contributed by atoms with Gasteiger partial charge in [-0.2, -0.15) is 0 Å². The highest BCUT2D eigenvalue weighted by atomic mass is 31.2. The molecule has 0 spiro atoms. The van der Waals surface area contributed by atoms with E-state index < -0.39 is 97.5 Å². The first kappa shape index (κ1) is 90.5. The molecule has 0 aromatic carbocycles. The van der Waals surface area contributed by atoms with E-state index in [-0.39, 0.29) is 25.7 Å². The molecule has 4 unspecified atom stereocenters. The van der Waals surface area contributed by atoms with E-state index in [9.17, 15) is 43.2 Å². The molecule has 7 atom stereocenters. The van der Waals surface area contributed by atoms with Crippen molar-refractivity contribution in [2.24, 2.45) is 17.8 Å². The summed E-state index contributed by atoms with van der Waals surface area (Å²) in [5.41, 5.74) is 0. The minimum Gasteiger partial charge on any atom is -0.462 e. The van der Waals surface area contributed by atoms with E-state index >= 15 is 0 Å². The first-order valence-corrected chi connectivity index (χ1v) is 40.7. The van der Waals surface area contributed by atoms with Gasteiger partial charge in [0.15, 0.2) is 12.2 Å². The second-order valence-corrected chi connectivity index (χ2v) is 29.9. The number of hydrogen-bond acceptors (Lipinski definition) is 15. The van der Waals surface area contributed by atoms with Gasteiger partial charge in [0.1, 0.15) is 19.3 Å². The second-order valence-electron chi connectivity index (χ2n) is 27.0. The third-order valence-electron chi connectivity index (χ3n) is 17.2. The fourth-order valence-corrected chi connectivity index (χ4v) is 12.2. The minimum atomic E-state index is -4.96. The number of phosphoric ester groups is 2. The molecule has 0 heterocycles. The number of ether oxygens (including phenoxy) is 4. The Bertz CT molecular complexity index is 1920. The summed E-state index contributed by atoms with van der Waals surface area (Å²) in [5, 5.41) is 10.6. The Kier molecular flexibility index (Phi) is 62.5. The highest BCUT2D eigenvalue weighted by Gasteiger charge is 2.30. The van der Waals surface area contributed by atoms with Gasteiger partial charge in [0, 0.05) is 25.7 Å². The van der Waals surface area contributed by atoms with Gasteiger partial charge in [0.2, 0.25) is 0 Å². The lowest BCUT2D eigenvalue weighted by atomic mass is 9.99. The molecule has 0 aromatic rings. The van der Waals surface area contributed by atoms with Gasteiger partial charge in [-0.15, -0.1) is 0 Å². The van der Waals surface area contributed by atoms with Crippen LogP contribution in [0.25, 0.3) is 0 Å². The fraction of sp³-hybridized carbons (Fsp3) is 0.892. The van der Waals surface area contributed by atoms with Crippen molar-refractivity contribution in [2.75, 3.05) is 39.6 Å². The van der Waals surface area contributed by atoms with E-state index in [1.54, 1.807) is 0 Å². The predicted molar refractivity (Wildman–Crippen MR) is 377 cm³/mol. The number of carbonyl (C=O) groups is 4. The lowest BCUT2D eigenvalue weighted by Gasteiger charge is -2.21. The summed E-state index contributed by atoms with van der Waals surface area (Å²) in [6, 6.07) is 0. The first-order valence-electron chi connectivity index (χ1n) is 37.7. The van der Waals surface area contributed by atoms with Crippen LogP contribution in [0, 0.1) is 17.8 Å². The second kappa shape index (κ2) is 64.2. The highest BCUT2D eigenvalue weighted by Crippen LogP contribution is 2.45. The van der Waals surface area contributed by atoms with Crippen molar-refractivity contribution in [1.82, 2.24) is 0 Å². The fourth-order valence-electron chi connectivity index (χ4n) is 10.6. The van der Waals surface area contributed by atoms with Crippen molar-refractivity contribution in [1.29, 1.82) is 0 Å². The van der Waals surface area contributed by atoms with E-state index in [4.69, 9.17) is 37.0 Å². The third kappa shape index (κ3) is 65.3. The maximum Gasteiger partial charge on any atom is 0.472 e. The average molecular weight is 1360 g/mol. The lowest BCUT2D eigenvalue weighted by Crippen LogP contribution is -2.30. The van der Waals surface area contributed by atoms with Crippen molar-refractivity contribution >= 4 is 39.5 Å². The molecule has 0 aliphatic rings. The molecule has 0 aliphatic heterocycles. The van der Waals surface area contributed by atoms with Gasteiger partial charge < -0.3 is 33.8 Å². The summed E-state index contributed by atoms with van der Waals surface area (Å²) in [6.45, 7) is 11.8. The Hall–Kier alpha value is -2.46. The molecule has 0 amide bonds. The number of unbranched alkanes of at least 4 members (excludes halogenated alkanes) is 33. The number of carbonyl (C=O) groups excluding carboxylic acids is 4. The molecular weight excluding hydrogens is 1220 g/mol. The zero-order chi connectivity index (χ0) is 68.7. The largest absolute Gasteiger partial charge is 0.472 e. The van der Waals surface area contributed by atoms with Gasteiger partial charge in [0.05, 0.1) is 26.4 Å². The topological polar surface area (TPSA) is 237 Å². The van der Waals surface area contributed by atoms with Gasteiger partial charge in [0.25, 0.3) is 0 Å². The third-order valence-corrected chi connectivity index (χ3v) is 19.1. The summed E-state index contributed by atoms with van der Waals surface area (Å²) < 4.78 is 68.4. The summed E-state index contributed by atoms with van der Waals surface area (Å²) >= 11 is 0. The molecule has 3 N–H and O–H groups in total. The molecule has 19 heteroatoms. The van der Waals surface area contributed by atoms with Gasteiger partial charge in [-0.3, -0.25) is 37.3 Å². The summed E-state index contributed by atoms with van der Waals surface area (Å²) in [4.78, 5) is 72.7. The smallest absolute Gasteiger partial charge is 0.462 e. The number of rotatable bonds is 70. The molecule has 0 aliphatic carbocycles. The van der Waals surface area contributed by atoms with Crippen LogP contribution in [0.4, 0.5) is 0 Å². The molecule has 17 nitrogen and oxygen atoms in total. The van der Waals surface area contributed by atoms with Crippen LogP contribution in [0.15, 0.2) is 24.3 Å². The quantitative estimate of drug-likeness (QED) is 0.0169. The van der Waals surface area contributed by atoms with Crippen LogP contribution in [0.1, 0.15) is 350 Å². The highest BCUT2D eigenvalue weighted by molar-refractivity contribution is 7.47. The van der Waals surface area contributed by atoms with E-state index in [0.717, 1.165) is 120 Å². The Morgan fingerprint density at radius 2 is 0.634 bits per heavy atom. The number of allylic oxidation sites excluding steroid dienone is 4. The number of aliphatic hydroxyl groups is 1. The van der Waals surface area contributed by atoms with Crippen LogP contribution in [-0.4, -0.2) is 96.7 Å². The number of aliphatic hydroxyl groups excluding tert-OH is 1. The summed E-state index contributed by atoms with van der Waals surface area (Å²) in [5.74, 6) is 0.160. The van der Waals surface area contributed by atoms with E-state index in [1.807, 2.05) is 0 Å². The van der Waals surface area contributed by atoms with Crippen molar-refractivity contribution in [3.8, 4) is 0 Å². The van der Waals surface area contributed by atoms with Crippen molar-refractivity contribution < 1.29 is 80.2 Å². The lowest BCUT2D eigenvalue weighted by molar-refractivity contribution is -0.161. The van der Waals surface area contributed by atoms with Crippen LogP contribution in [0.2, 0.25) is 0 Å². The molecular formula is C74H140O17P2. The van der Waals surface area contributed by atoms with E-state index in [0.29, 0.717) is 25.7 Å². The van der Waals surface area contributed by atoms with Crippen molar-refractivity contribution in [2.45, 2.75) is 369 Å². The SMILES string of the molecule is CCCCCC/C=C\C=C/CCCCCCCC(=O)O[C@H](COC(=O)CCCCCCCCCCCCCC(C)C)COP(=O)(O)OC[C@@H](O)COP(=O)(O)OC[C@@H](COC(=O)CCCCCCCCCCC(C)CC)OC(=O)CCCCCCCCCCC(C)CC. The van der Waals surface area contributed by atoms with Gasteiger partial charge in [-0.1, -0.05) is 297 Å². The van der Waals surface area contributed by atoms with Crippen molar-refractivity contribution in [3.05, 3.63) is 24.3 Å². The molecule has 548 valence electrons. The monoisotopic (exact) mass is 1360 g/mol. The Labute approximate surface area is 567 Å². The molecule has 0 rings (SSSR count). The Morgan fingerprint density at radius 3 is 0.957 bits per heavy atom. The zero-order valence-corrected chi connectivity index (χ0v) is 62.0. The molecule has 0 fully saturated rings. The maximum absolute atomic E-state index is 13.1. The van der Waals surface area contributed by atoms with Gasteiger partial charge >= 0.3 is 39.5 Å². The van der Waals surface area contributed by atoms with E-state index in [1.165, 1.54) is 148 Å². The standard InChI is InChI=1S/C74H140O17P2/c1-8-11-12-13-14-15-16-17-18-19-22-26-36-43-50-57-73(78)90-69(61-84-71(76)55-48-41-34-25-23-20-21-24-31-38-45-52-65(4)5)63-88-92(80,81)86-59-68(75)60-87-93(82,83)89-64-70(91-74(79)58-51-44-37-30-28-33-40-47-54-67(7)10-3)62-85-72(77)56-49-42-35-29-27-32-39-46-53-66(6)9-2/h15-18,65-70,75H,8-14,19-64H2,1-7H3,(H,80,81)(H,82,83)/b16-15-,18-17-/t66?,67?,68-,69-,70-/m1/s1. The van der Waals surface area contributed by atoms with E-state index in [2.05, 4.69) is 72.8 Å². The first-order chi connectivity index (χ1) is 44.8. The van der Waals surface area contributed by atoms with Crippen LogP contribution in [0.5, 0.6) is 0 Å². The predicted octanol–water partition coefficient (Wildman–Crippen LogP) is 21.0. The maximum atomic E-state index is 13.1. The summed E-state index contributed by atoms with van der Waals surface area (Å²) in [7, 11) is -9.92. The van der Waals surface area contributed by atoms with Gasteiger partial charge in [-0.05, 0) is 69.1 Å². The van der Waals surface area contributed by atoms with Crippen LogP contribution in [-0.2, 0) is 65.4 Å². The average Bonchev–Trinajstić information content (AvgIpc) is 2.17. The normalized spacial score (nSPS) is 14.9. The molecule has 0 bridgehead atoms. The minimum absolute atomic E-state index is 0.0845. The van der Waals surface area contributed by atoms with Crippen LogP contribution >= 0.6 is 15.6 Å². The van der Waals surface area contributed by atoms with Crippen molar-refractivity contribution in [3.63, 3.8) is 0 Å². The number of esters is 4. The molecule has 0 aromatic heterocycles. The molecule has 93 heavy (non-hydrogen) atoms. The number of hydrogen-bond donors (Lipinski definition) is 3. The molecule has 0 saturated heterocycles. The number of phosphoric acid groups is 2. The molecule has 0 saturated carbocycles. The van der Waals surface area contributed by atoms with Gasteiger partial charge in [-0.25, -0.2) is 9.13 Å². The zero-order valence-electron chi connectivity index (χ0n) is 60.2. The van der Waals surface area contributed by atoms with Crippen LogP contribution in [0.3, 0.4) is 0 Å². The Morgan fingerprint density at radius 1 is 0.355 bits per heavy atom.